The SMILES string of the molecule is CC(=O)Oc1ccc([N+](=O)OBr)cc1. The molecule has 0 aliphatic rings. The van der Waals surface area contributed by atoms with Gasteiger partial charge in [0.1, 0.15) is 5.75 Å². The van der Waals surface area contributed by atoms with Crippen LogP contribution in [0.3, 0.4) is 0 Å². The highest BCUT2D eigenvalue weighted by molar-refractivity contribution is 9.05. The fraction of sp³-hybridized carbons (Fsp3) is 0.125. The Morgan fingerprint density at radius 1 is 1.36 bits per heavy atom. The van der Waals surface area contributed by atoms with Crippen LogP contribution >= 0.6 is 16.3 Å². The van der Waals surface area contributed by atoms with E-state index in [0.717, 1.165) is 0 Å². The predicted molar refractivity (Wildman–Crippen MR) is 51.1 cm³/mol. The van der Waals surface area contributed by atoms with E-state index in [-0.39, 0.29) is 10.6 Å². The average Bonchev–Trinajstić information content (AvgIpc) is 2.17. The Morgan fingerprint density at radius 3 is 2.36 bits per heavy atom. The van der Waals surface area contributed by atoms with Crippen LogP contribution in [0.15, 0.2) is 24.3 Å². The number of carbonyl (C=O) groups excluding carboxylic acids is 1. The standard InChI is InChI=1S/C8H7BrNO4/c1-6(11)13-8-4-2-7(3-5-8)10(12)14-9/h2-5H,1H3/q+1. The van der Waals surface area contributed by atoms with Gasteiger partial charge in [-0.05, 0) is 12.1 Å². The molecule has 0 amide bonds. The van der Waals surface area contributed by atoms with Gasteiger partial charge in [-0.25, -0.2) is 0 Å². The lowest BCUT2D eigenvalue weighted by Crippen LogP contribution is -2.01. The molecule has 0 aromatic heterocycles. The van der Waals surface area contributed by atoms with Crippen LogP contribution in [0.2, 0.25) is 0 Å². The van der Waals surface area contributed by atoms with Gasteiger partial charge in [0.2, 0.25) is 0 Å². The summed E-state index contributed by atoms with van der Waals surface area (Å²) in [5.41, 5.74) is 0.290. The zero-order valence-corrected chi connectivity index (χ0v) is 8.85. The molecule has 0 radical (unpaired) electrons. The first kappa shape index (κ1) is 10.6. The molecule has 1 rings (SSSR count). The summed E-state index contributed by atoms with van der Waals surface area (Å²) in [5, 5.41) is 0. The third kappa shape index (κ3) is 2.81. The van der Waals surface area contributed by atoms with Gasteiger partial charge in [0.05, 0.1) is 4.91 Å². The van der Waals surface area contributed by atoms with Crippen LogP contribution in [0, 0.1) is 4.91 Å². The summed E-state index contributed by atoms with van der Waals surface area (Å²) < 4.78 is 9.01. The van der Waals surface area contributed by atoms with Gasteiger partial charge >= 0.3 is 11.7 Å². The molecule has 0 heterocycles. The Labute approximate surface area is 88.6 Å². The molecule has 6 heteroatoms. The minimum absolute atomic E-state index is 0.275. The van der Waals surface area contributed by atoms with Crippen molar-refractivity contribution in [2.45, 2.75) is 6.92 Å². The molecule has 1 aromatic carbocycles. The summed E-state index contributed by atoms with van der Waals surface area (Å²) in [4.78, 5) is 21.7. The first-order valence-corrected chi connectivity index (χ1v) is 4.32. The lowest BCUT2D eigenvalue weighted by Gasteiger charge is -1.98. The molecule has 0 N–H and O–H groups in total. The maximum atomic E-state index is 10.9. The monoisotopic (exact) mass is 260 g/mol. The largest absolute Gasteiger partial charge is 0.427 e. The number of rotatable bonds is 3. The van der Waals surface area contributed by atoms with Gasteiger partial charge < -0.3 is 4.74 Å². The Hall–Kier alpha value is -1.43. The van der Waals surface area contributed by atoms with E-state index >= 15 is 0 Å². The maximum Gasteiger partial charge on any atom is 0.318 e. The molecule has 74 valence electrons. The van der Waals surface area contributed by atoms with Crippen molar-refractivity contribution in [3.05, 3.63) is 29.2 Å². The van der Waals surface area contributed by atoms with Crippen LogP contribution in [0.5, 0.6) is 5.75 Å². The fourth-order valence-corrected chi connectivity index (χ4v) is 1.01. The van der Waals surface area contributed by atoms with E-state index in [4.69, 9.17) is 4.74 Å². The van der Waals surface area contributed by atoms with Crippen molar-refractivity contribution >= 4 is 27.9 Å². The van der Waals surface area contributed by atoms with E-state index in [9.17, 15) is 9.70 Å². The highest BCUT2D eigenvalue weighted by Crippen LogP contribution is 2.18. The van der Waals surface area contributed by atoms with Gasteiger partial charge in [0.15, 0.2) is 0 Å². The summed E-state index contributed by atoms with van der Waals surface area (Å²) in [6.45, 7) is 1.30. The molecule has 5 nitrogen and oxygen atoms in total. The number of ether oxygens (including phenoxy) is 1. The van der Waals surface area contributed by atoms with Crippen molar-refractivity contribution in [1.29, 1.82) is 0 Å². The van der Waals surface area contributed by atoms with Gasteiger partial charge in [-0.15, -0.1) is 3.93 Å². The van der Waals surface area contributed by atoms with E-state index in [1.165, 1.54) is 31.2 Å². The first-order chi connectivity index (χ1) is 6.63. The lowest BCUT2D eigenvalue weighted by atomic mass is 10.3. The van der Waals surface area contributed by atoms with E-state index < -0.39 is 5.97 Å². The second kappa shape index (κ2) is 4.71. The molecule has 1 aromatic rings. The number of hydrogen-bond acceptors (Lipinski definition) is 4. The highest BCUT2D eigenvalue weighted by atomic mass is 79.9. The van der Waals surface area contributed by atoms with Crippen molar-refractivity contribution in [3.63, 3.8) is 0 Å². The number of benzene rings is 1. The normalized spacial score (nSPS) is 9.29. The molecule has 0 fully saturated rings. The van der Waals surface area contributed by atoms with Gasteiger partial charge in [-0.1, -0.05) is 0 Å². The minimum atomic E-state index is -0.409. The van der Waals surface area contributed by atoms with Crippen molar-refractivity contribution in [3.8, 4) is 5.75 Å². The van der Waals surface area contributed by atoms with Gasteiger partial charge in [0.25, 0.3) is 21.2 Å². The molecule has 0 saturated heterocycles. The molecular formula is C8H7BrNO4+. The van der Waals surface area contributed by atoms with E-state index in [1.807, 2.05) is 0 Å². The summed E-state index contributed by atoms with van der Waals surface area (Å²) >= 11 is 2.54. The van der Waals surface area contributed by atoms with Crippen LogP contribution in [-0.4, -0.2) is 10.9 Å². The van der Waals surface area contributed by atoms with Crippen LogP contribution < -0.4 is 4.74 Å². The average molecular weight is 261 g/mol. The van der Waals surface area contributed by atoms with E-state index in [1.54, 1.807) is 0 Å². The second-order valence-corrected chi connectivity index (χ2v) is 2.70. The molecule has 14 heavy (non-hydrogen) atoms. The number of esters is 1. The molecule has 0 aliphatic heterocycles. The molecule has 0 aliphatic carbocycles. The molecule has 0 saturated carbocycles. The minimum Gasteiger partial charge on any atom is -0.427 e. The summed E-state index contributed by atoms with van der Waals surface area (Å²) in [6, 6.07) is 5.92. The smallest absolute Gasteiger partial charge is 0.318 e. The zero-order valence-electron chi connectivity index (χ0n) is 7.27. The fourth-order valence-electron chi connectivity index (χ4n) is 0.842. The Balaban J connectivity index is 2.78. The summed E-state index contributed by atoms with van der Waals surface area (Å²) in [5.74, 6) is -0.0299. The number of hydrogen-bond donors (Lipinski definition) is 0. The Morgan fingerprint density at radius 2 is 1.93 bits per heavy atom. The van der Waals surface area contributed by atoms with Crippen LogP contribution in [0.4, 0.5) is 5.69 Å². The number of halogens is 1. The van der Waals surface area contributed by atoms with Crippen molar-refractivity contribution in [2.24, 2.45) is 0 Å². The number of carbonyl (C=O) groups is 1. The van der Waals surface area contributed by atoms with Crippen LogP contribution in [0.1, 0.15) is 6.92 Å². The summed E-state index contributed by atoms with van der Waals surface area (Å²) in [6.07, 6.45) is 0. The topological polar surface area (TPSA) is 55.6 Å². The van der Waals surface area contributed by atoms with E-state index in [0.29, 0.717) is 5.75 Å². The Bertz CT molecular complexity index is 349. The lowest BCUT2D eigenvalue weighted by molar-refractivity contribution is -0.688. The highest BCUT2D eigenvalue weighted by Gasteiger charge is 2.14. The third-order valence-electron chi connectivity index (χ3n) is 1.37. The molecule has 0 atom stereocenters. The maximum absolute atomic E-state index is 10.9. The van der Waals surface area contributed by atoms with E-state index in [2.05, 4.69) is 20.2 Å². The van der Waals surface area contributed by atoms with Gasteiger partial charge in [-0.3, -0.25) is 4.79 Å². The van der Waals surface area contributed by atoms with Crippen molar-refractivity contribution in [2.75, 3.05) is 0 Å². The summed E-state index contributed by atoms with van der Waals surface area (Å²) in [7, 11) is 0. The molecule has 0 spiro atoms. The third-order valence-corrected chi connectivity index (χ3v) is 1.63. The predicted octanol–water partition coefficient (Wildman–Crippen LogP) is 2.26. The second-order valence-electron chi connectivity index (χ2n) is 2.41. The van der Waals surface area contributed by atoms with Crippen LogP contribution in [0.25, 0.3) is 0 Å². The van der Waals surface area contributed by atoms with Crippen molar-refractivity contribution in [1.82, 2.24) is 0 Å². The van der Waals surface area contributed by atoms with Crippen molar-refractivity contribution < 1.29 is 18.4 Å². The molecule has 0 bridgehead atoms. The number of nitrogens with zero attached hydrogens (tertiary/aromatic N) is 1. The molecule has 0 unspecified atom stereocenters. The first-order valence-electron chi connectivity index (χ1n) is 3.68. The quantitative estimate of drug-likeness (QED) is 0.475. The molecular weight excluding hydrogens is 254 g/mol. The van der Waals surface area contributed by atoms with Crippen LogP contribution in [-0.2, 0) is 8.72 Å². The van der Waals surface area contributed by atoms with Gasteiger partial charge in [-0.2, -0.15) is 0 Å². The van der Waals surface area contributed by atoms with Gasteiger partial charge in [0, 0.05) is 19.1 Å². The zero-order chi connectivity index (χ0) is 10.6. The Kier molecular flexibility index (Phi) is 3.58.